The third-order valence-corrected chi connectivity index (χ3v) is 6.93. The molecule has 3 N–H and O–H groups in total. The number of anilines is 2. The maximum Gasteiger partial charge on any atom is 0.151 e. The highest BCUT2D eigenvalue weighted by atomic mass is 15.2. The summed E-state index contributed by atoms with van der Waals surface area (Å²) >= 11 is 0. The summed E-state index contributed by atoms with van der Waals surface area (Å²) < 4.78 is 2.21. The molecule has 0 saturated carbocycles. The standard InChI is InChI=1S/C29H27N7/c1-17-12-23-22(8-10-31-29(23)30)19(3)24(17)15-32-28-14-27-26(34-35-28)9-11-36(27)16-20-5-7-25-21(13-20)6-4-18(2)33-25/h4-14H,15-16H2,1-3H3,(H2,30,31)(H,32,35). The van der Waals surface area contributed by atoms with E-state index in [1.807, 2.05) is 19.1 Å². The molecule has 0 saturated heterocycles. The molecule has 0 aliphatic carbocycles. The molecule has 0 unspecified atom stereocenters. The van der Waals surface area contributed by atoms with Crippen LogP contribution in [-0.4, -0.2) is 24.7 Å². The molecule has 2 aromatic carbocycles. The van der Waals surface area contributed by atoms with Crippen LogP contribution in [0.3, 0.4) is 0 Å². The van der Waals surface area contributed by atoms with Crippen molar-refractivity contribution in [2.45, 2.75) is 33.9 Å². The first kappa shape index (κ1) is 22.0. The van der Waals surface area contributed by atoms with Crippen LogP contribution in [0.1, 0.15) is 27.9 Å². The lowest BCUT2D eigenvalue weighted by molar-refractivity contribution is 0.836. The highest BCUT2D eigenvalue weighted by Gasteiger charge is 2.12. The molecule has 6 aromatic rings. The van der Waals surface area contributed by atoms with Gasteiger partial charge in [-0.05, 0) is 84.8 Å². The smallest absolute Gasteiger partial charge is 0.151 e. The van der Waals surface area contributed by atoms with Crippen molar-refractivity contribution in [1.82, 2.24) is 24.7 Å². The average molecular weight is 474 g/mol. The molecule has 6 rings (SSSR count). The summed E-state index contributed by atoms with van der Waals surface area (Å²) in [5.74, 6) is 1.31. The molecule has 0 atom stereocenters. The number of nitrogens with one attached hydrogen (secondary N) is 1. The molecule has 0 spiro atoms. The van der Waals surface area contributed by atoms with Gasteiger partial charge in [0.15, 0.2) is 5.82 Å². The summed E-state index contributed by atoms with van der Waals surface area (Å²) in [4.78, 5) is 8.84. The summed E-state index contributed by atoms with van der Waals surface area (Å²) in [6, 6.07) is 18.8. The number of nitrogens with two attached hydrogens (primary N) is 1. The molecule has 0 amide bonds. The molecule has 7 nitrogen and oxygen atoms in total. The number of hydrogen-bond donors (Lipinski definition) is 2. The molecule has 0 fully saturated rings. The fraction of sp³-hybridized carbons (Fsp3) is 0.172. The minimum absolute atomic E-state index is 0.563. The van der Waals surface area contributed by atoms with Gasteiger partial charge >= 0.3 is 0 Å². The van der Waals surface area contributed by atoms with Gasteiger partial charge in [-0.25, -0.2) is 4.98 Å². The van der Waals surface area contributed by atoms with Gasteiger partial charge in [0.25, 0.3) is 0 Å². The van der Waals surface area contributed by atoms with Gasteiger partial charge in [-0.15, -0.1) is 10.2 Å². The number of fused-ring (bicyclic) bond motifs is 3. The number of nitrogen functional groups attached to an aromatic ring is 1. The largest absolute Gasteiger partial charge is 0.383 e. The van der Waals surface area contributed by atoms with E-state index < -0.39 is 0 Å². The minimum atomic E-state index is 0.563. The molecule has 4 heterocycles. The summed E-state index contributed by atoms with van der Waals surface area (Å²) in [5, 5.41) is 15.6. The zero-order chi connectivity index (χ0) is 24.8. The topological polar surface area (TPSA) is 94.5 Å². The maximum absolute atomic E-state index is 6.10. The second kappa shape index (κ2) is 8.61. The van der Waals surface area contributed by atoms with Crippen LogP contribution in [0.25, 0.3) is 32.7 Å². The van der Waals surface area contributed by atoms with Crippen LogP contribution < -0.4 is 11.1 Å². The van der Waals surface area contributed by atoms with Crippen LogP contribution >= 0.6 is 0 Å². The van der Waals surface area contributed by atoms with Crippen LogP contribution in [-0.2, 0) is 13.1 Å². The number of rotatable bonds is 5. The number of aryl methyl sites for hydroxylation is 3. The third-order valence-electron chi connectivity index (χ3n) is 6.93. The number of aromatic nitrogens is 5. The molecule has 4 aromatic heterocycles. The quantitative estimate of drug-likeness (QED) is 0.334. The maximum atomic E-state index is 6.10. The average Bonchev–Trinajstić information content (AvgIpc) is 3.26. The van der Waals surface area contributed by atoms with Gasteiger partial charge < -0.3 is 15.6 Å². The molecule has 0 aliphatic rings. The lowest BCUT2D eigenvalue weighted by Gasteiger charge is -2.15. The minimum Gasteiger partial charge on any atom is -0.383 e. The lowest BCUT2D eigenvalue weighted by Crippen LogP contribution is -2.07. The van der Waals surface area contributed by atoms with E-state index in [1.165, 1.54) is 22.3 Å². The Balaban J connectivity index is 1.27. The van der Waals surface area contributed by atoms with Gasteiger partial charge in [0, 0.05) is 48.0 Å². The fourth-order valence-electron chi connectivity index (χ4n) is 4.96. The Kier molecular flexibility index (Phi) is 5.25. The molecule has 178 valence electrons. The molecule has 0 radical (unpaired) electrons. The van der Waals surface area contributed by atoms with Crippen LogP contribution in [0.5, 0.6) is 0 Å². The first-order valence-electron chi connectivity index (χ1n) is 12.0. The van der Waals surface area contributed by atoms with Crippen molar-refractivity contribution in [2.75, 3.05) is 11.1 Å². The van der Waals surface area contributed by atoms with Gasteiger partial charge in [-0.1, -0.05) is 12.1 Å². The second-order valence-corrected chi connectivity index (χ2v) is 9.37. The Bertz CT molecular complexity index is 1770. The van der Waals surface area contributed by atoms with Gasteiger partial charge in [0.05, 0.1) is 11.0 Å². The van der Waals surface area contributed by atoms with Crippen molar-refractivity contribution in [1.29, 1.82) is 0 Å². The Hall–Kier alpha value is -4.52. The van der Waals surface area contributed by atoms with Gasteiger partial charge in [0.1, 0.15) is 11.3 Å². The van der Waals surface area contributed by atoms with E-state index in [0.717, 1.165) is 50.8 Å². The third kappa shape index (κ3) is 3.88. The van der Waals surface area contributed by atoms with Crippen LogP contribution in [0.4, 0.5) is 11.6 Å². The van der Waals surface area contributed by atoms with Crippen LogP contribution in [0.15, 0.2) is 67.0 Å². The number of nitrogens with zero attached hydrogens (tertiary/aromatic N) is 5. The number of benzene rings is 2. The summed E-state index contributed by atoms with van der Waals surface area (Å²) in [6.07, 6.45) is 3.83. The van der Waals surface area contributed by atoms with E-state index in [9.17, 15) is 0 Å². The lowest BCUT2D eigenvalue weighted by atomic mass is 9.96. The normalized spacial score (nSPS) is 11.5. The summed E-state index contributed by atoms with van der Waals surface area (Å²) in [7, 11) is 0. The van der Waals surface area contributed by atoms with Crippen molar-refractivity contribution in [3.63, 3.8) is 0 Å². The highest BCUT2D eigenvalue weighted by molar-refractivity contribution is 5.94. The molecule has 0 bridgehead atoms. The van der Waals surface area contributed by atoms with E-state index in [2.05, 4.69) is 92.6 Å². The van der Waals surface area contributed by atoms with E-state index in [4.69, 9.17) is 5.73 Å². The number of hydrogen-bond acceptors (Lipinski definition) is 6. The Labute approximate surface area is 209 Å². The predicted octanol–water partition coefficient (Wildman–Crippen LogP) is 5.70. The fourth-order valence-corrected chi connectivity index (χ4v) is 4.96. The van der Waals surface area contributed by atoms with Crippen molar-refractivity contribution < 1.29 is 0 Å². The van der Waals surface area contributed by atoms with Gasteiger partial charge in [-0.2, -0.15) is 0 Å². The Morgan fingerprint density at radius 3 is 2.67 bits per heavy atom. The molecule has 7 heteroatoms. The van der Waals surface area contributed by atoms with Crippen LogP contribution in [0, 0.1) is 20.8 Å². The van der Waals surface area contributed by atoms with Gasteiger partial charge in [-0.3, -0.25) is 4.98 Å². The molecular formula is C29H27N7. The van der Waals surface area contributed by atoms with Crippen molar-refractivity contribution >= 4 is 44.3 Å². The predicted molar refractivity (Wildman–Crippen MR) is 146 cm³/mol. The molecule has 0 aliphatic heterocycles. The first-order chi connectivity index (χ1) is 17.5. The second-order valence-electron chi connectivity index (χ2n) is 9.37. The van der Waals surface area contributed by atoms with Gasteiger partial charge in [0.2, 0.25) is 0 Å². The van der Waals surface area contributed by atoms with Crippen molar-refractivity contribution in [2.24, 2.45) is 0 Å². The van der Waals surface area contributed by atoms with E-state index in [1.54, 1.807) is 6.20 Å². The van der Waals surface area contributed by atoms with E-state index in [0.29, 0.717) is 12.4 Å². The van der Waals surface area contributed by atoms with Crippen molar-refractivity contribution in [3.05, 3.63) is 94.9 Å². The molecular weight excluding hydrogens is 446 g/mol. The number of pyridine rings is 2. The van der Waals surface area contributed by atoms with E-state index >= 15 is 0 Å². The summed E-state index contributed by atoms with van der Waals surface area (Å²) in [6.45, 7) is 7.65. The Morgan fingerprint density at radius 1 is 0.889 bits per heavy atom. The highest BCUT2D eigenvalue weighted by Crippen LogP contribution is 2.28. The monoisotopic (exact) mass is 473 g/mol. The Morgan fingerprint density at radius 2 is 1.78 bits per heavy atom. The van der Waals surface area contributed by atoms with E-state index in [-0.39, 0.29) is 0 Å². The molecule has 36 heavy (non-hydrogen) atoms. The summed E-state index contributed by atoms with van der Waals surface area (Å²) in [5.41, 5.74) is 14.9. The van der Waals surface area contributed by atoms with Crippen molar-refractivity contribution in [3.8, 4) is 0 Å². The zero-order valence-electron chi connectivity index (χ0n) is 20.6. The zero-order valence-corrected chi connectivity index (χ0v) is 20.6. The SMILES string of the molecule is Cc1ccc2cc(Cn3ccc4nnc(NCc5c(C)cc6c(N)nccc6c5C)cc43)ccc2n1. The first-order valence-corrected chi connectivity index (χ1v) is 12.0. The van der Waals surface area contributed by atoms with Crippen LogP contribution in [0.2, 0.25) is 0 Å².